The molecule has 0 amide bonds. The summed E-state index contributed by atoms with van der Waals surface area (Å²) in [6.45, 7) is 4.88. The summed E-state index contributed by atoms with van der Waals surface area (Å²) in [7, 11) is -4.28. The fourth-order valence-electron chi connectivity index (χ4n) is 6.47. The highest BCUT2D eigenvalue weighted by Gasteiger charge is 2.25. The summed E-state index contributed by atoms with van der Waals surface area (Å²) in [6.07, 6.45) is 54.2. The van der Waals surface area contributed by atoms with Crippen molar-refractivity contribution in [1.29, 1.82) is 0 Å². The fraction of sp³-hybridized carbons (Fsp3) is 0.812. The van der Waals surface area contributed by atoms with E-state index in [0.717, 1.165) is 44.9 Å². The van der Waals surface area contributed by atoms with Crippen molar-refractivity contribution in [2.24, 2.45) is 5.73 Å². The molecule has 0 aliphatic rings. The topological polar surface area (TPSA) is 117 Å². The molecule has 3 N–H and O–H groups in total. The average molecular weight is 824 g/mol. The molecule has 57 heavy (non-hydrogen) atoms. The Morgan fingerprint density at radius 1 is 0.526 bits per heavy atom. The van der Waals surface area contributed by atoms with Crippen LogP contribution in [0.4, 0.5) is 0 Å². The normalized spacial score (nSPS) is 13.8. The van der Waals surface area contributed by atoms with Crippen LogP contribution in [0.5, 0.6) is 0 Å². The summed E-state index contributed by atoms with van der Waals surface area (Å²) in [5, 5.41) is 0. The first-order chi connectivity index (χ1) is 27.9. The lowest BCUT2D eigenvalue weighted by molar-refractivity contribution is -0.154. The summed E-state index contributed by atoms with van der Waals surface area (Å²) in [4.78, 5) is 22.5. The number of phosphoric ester groups is 1. The summed E-state index contributed by atoms with van der Waals surface area (Å²) in [5.41, 5.74) is 5.37. The van der Waals surface area contributed by atoms with Gasteiger partial charge in [0.05, 0.1) is 19.8 Å². The van der Waals surface area contributed by atoms with Gasteiger partial charge in [-0.15, -0.1) is 0 Å². The molecule has 0 fully saturated rings. The van der Waals surface area contributed by atoms with Crippen LogP contribution in [0.15, 0.2) is 48.6 Å². The molecule has 2 atom stereocenters. The molecule has 0 aromatic rings. The van der Waals surface area contributed by atoms with Crippen LogP contribution in [-0.4, -0.2) is 49.9 Å². The first-order valence-corrected chi connectivity index (χ1v) is 25.1. The van der Waals surface area contributed by atoms with Gasteiger partial charge in [-0.3, -0.25) is 13.8 Å². The molecule has 9 heteroatoms. The lowest BCUT2D eigenvalue weighted by Gasteiger charge is -2.20. The number of unbranched alkanes of at least 4 members (excludes halogenated alkanes) is 24. The van der Waals surface area contributed by atoms with E-state index in [-0.39, 0.29) is 32.3 Å². The minimum absolute atomic E-state index is 0.0977. The quantitative estimate of drug-likeness (QED) is 0.0270. The number of carbonyl (C=O) groups excluding carboxylic acids is 1. The van der Waals surface area contributed by atoms with Gasteiger partial charge in [-0.1, -0.05) is 178 Å². The van der Waals surface area contributed by atoms with Crippen molar-refractivity contribution in [3.05, 3.63) is 48.6 Å². The van der Waals surface area contributed by atoms with Crippen molar-refractivity contribution in [1.82, 2.24) is 0 Å². The van der Waals surface area contributed by atoms with Crippen LogP contribution >= 0.6 is 7.82 Å². The maximum atomic E-state index is 12.6. The predicted molar refractivity (Wildman–Crippen MR) is 243 cm³/mol. The first-order valence-electron chi connectivity index (χ1n) is 23.6. The highest BCUT2D eigenvalue weighted by molar-refractivity contribution is 7.47. The van der Waals surface area contributed by atoms with E-state index in [2.05, 4.69) is 62.5 Å². The third kappa shape index (κ3) is 45.4. The number of hydrogen-bond donors (Lipinski definition) is 2. The monoisotopic (exact) mass is 824 g/mol. The van der Waals surface area contributed by atoms with Gasteiger partial charge in [0, 0.05) is 19.6 Å². The van der Waals surface area contributed by atoms with Gasteiger partial charge in [-0.25, -0.2) is 4.57 Å². The molecule has 0 aliphatic carbocycles. The van der Waals surface area contributed by atoms with Crippen LogP contribution in [0.1, 0.15) is 213 Å². The Morgan fingerprint density at radius 2 is 0.930 bits per heavy atom. The zero-order chi connectivity index (χ0) is 41.6. The Kier molecular flexibility index (Phi) is 44.3. The van der Waals surface area contributed by atoms with E-state index in [1.807, 2.05) is 0 Å². The van der Waals surface area contributed by atoms with Gasteiger partial charge in [0.1, 0.15) is 6.10 Å². The van der Waals surface area contributed by atoms with Crippen LogP contribution in [0.3, 0.4) is 0 Å². The Bertz CT molecular complexity index is 1010. The van der Waals surface area contributed by atoms with Crippen LogP contribution in [0, 0.1) is 0 Å². The fourth-order valence-corrected chi connectivity index (χ4v) is 7.23. The Morgan fingerprint density at radius 3 is 1.44 bits per heavy atom. The van der Waals surface area contributed by atoms with Gasteiger partial charge in [0.25, 0.3) is 0 Å². The highest BCUT2D eigenvalue weighted by atomic mass is 31.2. The Hall–Kier alpha value is -1.54. The number of hydrogen-bond acceptors (Lipinski definition) is 7. The van der Waals surface area contributed by atoms with Gasteiger partial charge in [-0.2, -0.15) is 0 Å². The smallest absolute Gasteiger partial charge is 0.457 e. The van der Waals surface area contributed by atoms with Gasteiger partial charge in [0.2, 0.25) is 0 Å². The zero-order valence-electron chi connectivity index (χ0n) is 37.1. The van der Waals surface area contributed by atoms with Crippen LogP contribution in [0.2, 0.25) is 0 Å². The Balaban J connectivity index is 3.95. The van der Waals surface area contributed by atoms with Gasteiger partial charge in [-0.05, 0) is 77.0 Å². The maximum Gasteiger partial charge on any atom is 0.472 e. The van der Waals surface area contributed by atoms with Crippen LogP contribution in [0.25, 0.3) is 0 Å². The summed E-state index contributed by atoms with van der Waals surface area (Å²) < 4.78 is 33.5. The van der Waals surface area contributed by atoms with E-state index in [1.54, 1.807) is 0 Å². The number of rotatable bonds is 45. The molecule has 0 heterocycles. The molecule has 0 aliphatic heterocycles. The second-order valence-electron chi connectivity index (χ2n) is 15.6. The summed E-state index contributed by atoms with van der Waals surface area (Å²) in [5.74, 6) is -0.337. The molecule has 0 saturated carbocycles. The molecule has 334 valence electrons. The maximum absolute atomic E-state index is 12.6. The summed E-state index contributed by atoms with van der Waals surface area (Å²) >= 11 is 0. The minimum atomic E-state index is -4.28. The molecule has 2 unspecified atom stereocenters. The van der Waals surface area contributed by atoms with Crippen molar-refractivity contribution in [2.75, 3.05) is 33.0 Å². The van der Waals surface area contributed by atoms with Crippen molar-refractivity contribution >= 4 is 13.8 Å². The zero-order valence-corrected chi connectivity index (χ0v) is 38.0. The molecule has 0 aromatic heterocycles. The van der Waals surface area contributed by atoms with Crippen molar-refractivity contribution < 1.29 is 32.8 Å². The number of phosphoric acid groups is 1. The molecule has 0 rings (SSSR count). The highest BCUT2D eigenvalue weighted by Crippen LogP contribution is 2.43. The number of nitrogens with two attached hydrogens (primary N) is 1. The number of carbonyl (C=O) groups is 1. The SMILES string of the molecule is CCCCC/C=C\CCCCCCCCOCC(COP(=O)(O)OCCN)OC(=O)CCCCCCCCCCCC/C=C\C/C=C\C/C=C\CCCCCCC. The van der Waals surface area contributed by atoms with E-state index in [4.69, 9.17) is 24.3 Å². The van der Waals surface area contributed by atoms with E-state index in [9.17, 15) is 14.3 Å². The molecule has 0 aromatic carbocycles. The lowest BCUT2D eigenvalue weighted by Crippen LogP contribution is -2.28. The second-order valence-corrected chi connectivity index (χ2v) is 17.1. The number of esters is 1. The second kappa shape index (κ2) is 45.5. The molecule has 0 saturated heterocycles. The third-order valence-electron chi connectivity index (χ3n) is 9.97. The predicted octanol–water partition coefficient (Wildman–Crippen LogP) is 14.4. The van der Waals surface area contributed by atoms with E-state index < -0.39 is 13.9 Å². The molecule has 8 nitrogen and oxygen atoms in total. The molecular weight excluding hydrogens is 734 g/mol. The number of ether oxygens (including phenoxy) is 2. The number of allylic oxidation sites excluding steroid dienone is 8. The first kappa shape index (κ1) is 55.5. The van der Waals surface area contributed by atoms with Crippen molar-refractivity contribution in [3.8, 4) is 0 Å². The Labute approximate surface area is 351 Å². The van der Waals surface area contributed by atoms with Crippen LogP contribution < -0.4 is 5.73 Å². The minimum Gasteiger partial charge on any atom is -0.457 e. The standard InChI is InChI=1S/C48H90NO7P/c1-3-5-7-9-11-13-15-17-18-19-20-21-22-23-24-25-26-27-28-29-31-33-35-37-39-41-48(50)56-47(46-55-57(51,52)54-44-42-49)45-53-43-40-38-36-34-32-30-16-14-12-10-8-6-4-2/h12,14-15,17,19-20,22-23,47H,3-11,13,16,18,21,24-46,49H2,1-2H3,(H,51,52)/b14-12-,17-15-,20-19-,23-22-. The molecule has 0 spiro atoms. The average Bonchev–Trinajstić information content (AvgIpc) is 3.20. The molecule has 0 radical (unpaired) electrons. The molecule has 0 bridgehead atoms. The van der Waals surface area contributed by atoms with Crippen LogP contribution in [-0.2, 0) is 27.9 Å². The molecular formula is C48H90NO7P. The van der Waals surface area contributed by atoms with Gasteiger partial charge >= 0.3 is 13.8 Å². The van der Waals surface area contributed by atoms with Crippen molar-refractivity contribution in [2.45, 2.75) is 219 Å². The van der Waals surface area contributed by atoms with Gasteiger partial charge < -0.3 is 20.1 Å². The summed E-state index contributed by atoms with van der Waals surface area (Å²) in [6, 6.07) is 0. The van der Waals surface area contributed by atoms with Crippen molar-refractivity contribution in [3.63, 3.8) is 0 Å². The third-order valence-corrected chi connectivity index (χ3v) is 11.0. The largest absolute Gasteiger partial charge is 0.472 e. The lowest BCUT2D eigenvalue weighted by atomic mass is 10.0. The van der Waals surface area contributed by atoms with Gasteiger partial charge in [0.15, 0.2) is 0 Å². The van der Waals surface area contributed by atoms with E-state index in [0.29, 0.717) is 13.0 Å². The van der Waals surface area contributed by atoms with E-state index >= 15 is 0 Å². The van der Waals surface area contributed by atoms with E-state index in [1.165, 1.54) is 148 Å².